The van der Waals surface area contributed by atoms with Gasteiger partial charge in [0.2, 0.25) is 5.91 Å². The number of hydrogen-bond acceptors (Lipinski definition) is 4. The molecule has 7 heteroatoms. The maximum atomic E-state index is 13.5. The highest BCUT2D eigenvalue weighted by molar-refractivity contribution is 5.87. The van der Waals surface area contributed by atoms with Gasteiger partial charge in [-0.1, -0.05) is 30.3 Å². The molecular weight excluding hydrogens is 351 g/mol. The Hall–Kier alpha value is -2.44. The normalized spacial score (nSPS) is 21.7. The van der Waals surface area contributed by atoms with Crippen molar-refractivity contribution < 1.29 is 23.5 Å². The van der Waals surface area contributed by atoms with Gasteiger partial charge in [-0.3, -0.25) is 9.59 Å². The topological polar surface area (TPSA) is 75.7 Å². The van der Waals surface area contributed by atoms with Crippen LogP contribution in [-0.2, 0) is 20.9 Å². The molecule has 0 aromatic heterocycles. The number of likely N-dealkylation sites (tertiary alicyclic amines) is 1. The SMILES string of the molecule is O=C1CCC(C(NC(=O)OCc2ccccc2)C(=O)N2CC[C@H](F)C2)CC1. The van der Waals surface area contributed by atoms with Crippen molar-refractivity contribution in [3.63, 3.8) is 0 Å². The Bertz CT molecular complexity index is 672. The molecule has 1 aliphatic carbocycles. The molecule has 1 unspecified atom stereocenters. The van der Waals surface area contributed by atoms with Crippen LogP contribution in [0.4, 0.5) is 9.18 Å². The summed E-state index contributed by atoms with van der Waals surface area (Å²) in [7, 11) is 0. The molecule has 1 N–H and O–H groups in total. The highest BCUT2D eigenvalue weighted by Crippen LogP contribution is 2.27. The molecule has 2 amide bonds. The van der Waals surface area contributed by atoms with Gasteiger partial charge in [0.25, 0.3) is 0 Å². The third kappa shape index (κ3) is 5.28. The number of rotatable bonds is 5. The van der Waals surface area contributed by atoms with Crippen LogP contribution in [0.2, 0.25) is 0 Å². The van der Waals surface area contributed by atoms with Crippen LogP contribution in [-0.4, -0.2) is 48.0 Å². The molecule has 2 fully saturated rings. The van der Waals surface area contributed by atoms with E-state index in [0.717, 1.165) is 5.56 Å². The number of nitrogens with one attached hydrogen (secondary N) is 1. The van der Waals surface area contributed by atoms with E-state index in [1.165, 1.54) is 4.90 Å². The second kappa shape index (κ2) is 8.97. The number of nitrogens with zero attached hydrogens (tertiary/aromatic N) is 1. The fourth-order valence-electron chi connectivity index (χ4n) is 3.68. The van der Waals surface area contributed by atoms with Gasteiger partial charge in [-0.2, -0.15) is 0 Å². The van der Waals surface area contributed by atoms with Crippen molar-refractivity contribution in [2.45, 2.75) is 50.9 Å². The number of alkyl halides is 1. The number of alkyl carbamates (subject to hydrolysis) is 1. The largest absolute Gasteiger partial charge is 0.445 e. The van der Waals surface area contributed by atoms with Crippen molar-refractivity contribution in [2.24, 2.45) is 5.92 Å². The summed E-state index contributed by atoms with van der Waals surface area (Å²) in [6.45, 7) is 0.512. The first-order valence-corrected chi connectivity index (χ1v) is 9.44. The van der Waals surface area contributed by atoms with Crippen molar-refractivity contribution in [2.75, 3.05) is 13.1 Å². The van der Waals surface area contributed by atoms with Gasteiger partial charge in [-0.15, -0.1) is 0 Å². The number of Topliss-reactive ketones (excluding diaryl/α,β-unsaturated/α-hetero) is 1. The molecule has 1 aromatic carbocycles. The third-order valence-corrected chi connectivity index (χ3v) is 5.25. The lowest BCUT2D eigenvalue weighted by molar-refractivity contribution is -0.135. The number of carbonyl (C=O) groups excluding carboxylic acids is 3. The summed E-state index contributed by atoms with van der Waals surface area (Å²) in [6, 6.07) is 8.47. The molecule has 0 spiro atoms. The minimum absolute atomic E-state index is 0.0573. The second-order valence-corrected chi connectivity index (χ2v) is 7.23. The van der Waals surface area contributed by atoms with E-state index >= 15 is 0 Å². The predicted octanol–water partition coefficient (Wildman–Crippen LogP) is 2.61. The summed E-state index contributed by atoms with van der Waals surface area (Å²) in [5, 5.41) is 2.68. The smallest absolute Gasteiger partial charge is 0.408 e. The van der Waals surface area contributed by atoms with Crippen LogP contribution >= 0.6 is 0 Å². The molecule has 1 heterocycles. The van der Waals surface area contributed by atoms with Crippen molar-refractivity contribution in [3.05, 3.63) is 35.9 Å². The monoisotopic (exact) mass is 376 g/mol. The highest BCUT2D eigenvalue weighted by atomic mass is 19.1. The van der Waals surface area contributed by atoms with Gasteiger partial charge >= 0.3 is 6.09 Å². The minimum Gasteiger partial charge on any atom is -0.445 e. The molecule has 27 heavy (non-hydrogen) atoms. The Labute approximate surface area is 158 Å². The summed E-state index contributed by atoms with van der Waals surface area (Å²) in [4.78, 5) is 38.1. The van der Waals surface area contributed by atoms with Crippen LogP contribution in [0.1, 0.15) is 37.7 Å². The average molecular weight is 376 g/mol. The van der Waals surface area contributed by atoms with E-state index in [4.69, 9.17) is 4.74 Å². The number of hydrogen-bond donors (Lipinski definition) is 1. The van der Waals surface area contributed by atoms with E-state index < -0.39 is 18.3 Å². The summed E-state index contributed by atoms with van der Waals surface area (Å²) in [5.41, 5.74) is 0.846. The molecule has 2 aliphatic rings. The fourth-order valence-corrected chi connectivity index (χ4v) is 3.68. The lowest BCUT2D eigenvalue weighted by atomic mass is 9.82. The van der Waals surface area contributed by atoms with Gasteiger partial charge in [0, 0.05) is 19.4 Å². The molecule has 1 saturated carbocycles. The van der Waals surface area contributed by atoms with Gasteiger partial charge in [0.1, 0.15) is 24.6 Å². The predicted molar refractivity (Wildman–Crippen MR) is 96.6 cm³/mol. The zero-order valence-corrected chi connectivity index (χ0v) is 15.2. The van der Waals surface area contributed by atoms with Crippen LogP contribution in [0.25, 0.3) is 0 Å². The maximum Gasteiger partial charge on any atom is 0.408 e. The number of ether oxygens (including phenoxy) is 1. The van der Waals surface area contributed by atoms with E-state index in [0.29, 0.717) is 38.6 Å². The maximum absolute atomic E-state index is 13.5. The van der Waals surface area contributed by atoms with E-state index in [1.807, 2.05) is 30.3 Å². The Morgan fingerprint density at radius 1 is 1.19 bits per heavy atom. The highest BCUT2D eigenvalue weighted by Gasteiger charge is 2.38. The zero-order valence-electron chi connectivity index (χ0n) is 15.2. The van der Waals surface area contributed by atoms with Crippen LogP contribution in [0.5, 0.6) is 0 Å². The molecule has 3 rings (SSSR count). The first kappa shape index (κ1) is 19.3. The second-order valence-electron chi connectivity index (χ2n) is 7.23. The fraction of sp³-hybridized carbons (Fsp3) is 0.550. The molecule has 1 aromatic rings. The average Bonchev–Trinajstić information content (AvgIpc) is 3.12. The molecule has 0 bridgehead atoms. The van der Waals surface area contributed by atoms with Gasteiger partial charge < -0.3 is 15.0 Å². The van der Waals surface area contributed by atoms with Crippen molar-refractivity contribution >= 4 is 17.8 Å². The van der Waals surface area contributed by atoms with Crippen LogP contribution in [0.3, 0.4) is 0 Å². The molecule has 0 radical (unpaired) electrons. The number of halogens is 1. The van der Waals surface area contributed by atoms with Crippen LogP contribution < -0.4 is 5.32 Å². The lowest BCUT2D eigenvalue weighted by Gasteiger charge is -2.32. The molecule has 146 valence electrons. The number of carbonyl (C=O) groups is 3. The van der Waals surface area contributed by atoms with E-state index in [9.17, 15) is 18.8 Å². The van der Waals surface area contributed by atoms with Crippen LogP contribution in [0, 0.1) is 5.92 Å². The van der Waals surface area contributed by atoms with Crippen molar-refractivity contribution in [3.8, 4) is 0 Å². The van der Waals surface area contributed by atoms with Crippen molar-refractivity contribution in [1.29, 1.82) is 0 Å². The first-order valence-electron chi connectivity index (χ1n) is 9.44. The number of amides is 2. The van der Waals surface area contributed by atoms with E-state index in [-0.39, 0.29) is 30.8 Å². The summed E-state index contributed by atoms with van der Waals surface area (Å²) in [6.07, 6.45) is 0.516. The quantitative estimate of drug-likeness (QED) is 0.857. The number of benzene rings is 1. The Kier molecular flexibility index (Phi) is 6.42. The van der Waals surface area contributed by atoms with Gasteiger partial charge in [0.05, 0.1) is 6.54 Å². The lowest BCUT2D eigenvalue weighted by Crippen LogP contribution is -2.52. The molecule has 1 saturated heterocycles. The van der Waals surface area contributed by atoms with Crippen LogP contribution in [0.15, 0.2) is 30.3 Å². The summed E-state index contributed by atoms with van der Waals surface area (Å²) < 4.78 is 18.8. The van der Waals surface area contributed by atoms with E-state index in [1.54, 1.807) is 0 Å². The van der Waals surface area contributed by atoms with Crippen molar-refractivity contribution in [1.82, 2.24) is 10.2 Å². The molecular formula is C20H25FN2O4. The summed E-state index contributed by atoms with van der Waals surface area (Å²) >= 11 is 0. The first-order chi connectivity index (χ1) is 13.0. The molecule has 1 aliphatic heterocycles. The van der Waals surface area contributed by atoms with Gasteiger partial charge in [0.15, 0.2) is 0 Å². The minimum atomic E-state index is -1.02. The Morgan fingerprint density at radius 3 is 2.52 bits per heavy atom. The van der Waals surface area contributed by atoms with Gasteiger partial charge in [-0.05, 0) is 30.7 Å². The summed E-state index contributed by atoms with van der Waals surface area (Å²) in [5.74, 6) is -0.251. The number of ketones is 1. The Morgan fingerprint density at radius 2 is 1.89 bits per heavy atom. The molecule has 6 nitrogen and oxygen atoms in total. The van der Waals surface area contributed by atoms with E-state index in [2.05, 4.69) is 5.32 Å². The standard InChI is InChI=1S/C20H25FN2O4/c21-16-10-11-23(12-16)19(25)18(15-6-8-17(24)9-7-15)22-20(26)27-13-14-4-2-1-3-5-14/h1-5,15-16,18H,6-13H2,(H,22,26)/t16-,18?/m0/s1. The Balaban J connectivity index is 1.62. The van der Waals surface area contributed by atoms with Gasteiger partial charge in [-0.25, -0.2) is 9.18 Å². The zero-order chi connectivity index (χ0) is 19.2. The molecule has 2 atom stereocenters. The third-order valence-electron chi connectivity index (χ3n) is 5.25.